The maximum absolute atomic E-state index is 5.08. The SMILES string of the molecule is c1ccc(-c2cc(-c3ccccc3)c(-c3ccc(-c4nc(-c5ccccc5)nc(-c5cccc(-c6ccncc6)c5)n4)cc3)c(-c3ccccc3)c2)cc1. The number of benzene rings is 7. The molecule has 0 fully saturated rings. The summed E-state index contributed by atoms with van der Waals surface area (Å²) in [5, 5.41) is 0. The van der Waals surface area contributed by atoms with Gasteiger partial charge in [-0.15, -0.1) is 0 Å². The van der Waals surface area contributed by atoms with E-state index in [2.05, 4.69) is 151 Å². The van der Waals surface area contributed by atoms with Crippen LogP contribution in [0.25, 0.3) is 89.8 Å². The molecule has 0 spiro atoms. The Kier molecular flexibility index (Phi) is 8.90. The fraction of sp³-hybridized carbons (Fsp3) is 0. The third-order valence-electron chi connectivity index (χ3n) is 9.65. The van der Waals surface area contributed by atoms with Gasteiger partial charge in [0.1, 0.15) is 0 Å². The van der Waals surface area contributed by atoms with Gasteiger partial charge in [0.05, 0.1) is 0 Å². The first-order valence-corrected chi connectivity index (χ1v) is 18.0. The van der Waals surface area contributed by atoms with Gasteiger partial charge in [-0.3, -0.25) is 4.98 Å². The van der Waals surface area contributed by atoms with E-state index in [1.807, 2.05) is 60.9 Å². The molecule has 0 saturated heterocycles. The molecule has 0 saturated carbocycles. The van der Waals surface area contributed by atoms with Crippen molar-refractivity contribution in [1.29, 1.82) is 0 Å². The smallest absolute Gasteiger partial charge is 0.164 e. The van der Waals surface area contributed by atoms with E-state index in [9.17, 15) is 0 Å². The number of aromatic nitrogens is 4. The minimum atomic E-state index is 0.616. The van der Waals surface area contributed by atoms with Crippen molar-refractivity contribution in [2.45, 2.75) is 0 Å². The fourth-order valence-corrected chi connectivity index (χ4v) is 6.96. The lowest BCUT2D eigenvalue weighted by Crippen LogP contribution is -2.00. The summed E-state index contributed by atoms with van der Waals surface area (Å²) in [6, 6.07) is 67.7. The first-order chi connectivity index (χ1) is 26.8. The zero-order valence-corrected chi connectivity index (χ0v) is 29.4. The first kappa shape index (κ1) is 32.6. The van der Waals surface area contributed by atoms with Crippen molar-refractivity contribution in [3.8, 4) is 89.8 Å². The molecule has 0 aliphatic rings. The summed E-state index contributed by atoms with van der Waals surface area (Å²) < 4.78 is 0. The van der Waals surface area contributed by atoms with Gasteiger partial charge in [0.2, 0.25) is 0 Å². The van der Waals surface area contributed by atoms with Gasteiger partial charge < -0.3 is 0 Å². The van der Waals surface area contributed by atoms with Crippen molar-refractivity contribution in [3.63, 3.8) is 0 Å². The van der Waals surface area contributed by atoms with Crippen molar-refractivity contribution < 1.29 is 0 Å². The van der Waals surface area contributed by atoms with Crippen LogP contribution in [0.1, 0.15) is 0 Å². The molecule has 254 valence electrons. The molecule has 0 aliphatic carbocycles. The molecule has 4 heteroatoms. The molecule has 0 bridgehead atoms. The molecule has 0 atom stereocenters. The van der Waals surface area contributed by atoms with Crippen LogP contribution in [0.5, 0.6) is 0 Å². The molecular formula is C50H34N4. The molecular weight excluding hydrogens is 657 g/mol. The second-order valence-corrected chi connectivity index (χ2v) is 13.1. The molecule has 2 aromatic heterocycles. The Morgan fingerprint density at radius 2 is 0.630 bits per heavy atom. The van der Waals surface area contributed by atoms with Crippen molar-refractivity contribution in [3.05, 3.63) is 207 Å². The Morgan fingerprint density at radius 3 is 1.17 bits per heavy atom. The largest absolute Gasteiger partial charge is 0.265 e. The molecule has 0 radical (unpaired) electrons. The predicted molar refractivity (Wildman–Crippen MR) is 221 cm³/mol. The van der Waals surface area contributed by atoms with E-state index in [1.54, 1.807) is 0 Å². The van der Waals surface area contributed by atoms with Crippen LogP contribution >= 0.6 is 0 Å². The zero-order valence-electron chi connectivity index (χ0n) is 29.4. The highest BCUT2D eigenvalue weighted by Crippen LogP contribution is 2.43. The van der Waals surface area contributed by atoms with E-state index in [0.29, 0.717) is 17.5 Å². The summed E-state index contributed by atoms with van der Waals surface area (Å²) in [5.74, 6) is 1.86. The molecule has 9 rings (SSSR count). The molecule has 2 heterocycles. The van der Waals surface area contributed by atoms with Gasteiger partial charge in [-0.2, -0.15) is 0 Å². The van der Waals surface area contributed by atoms with Gasteiger partial charge >= 0.3 is 0 Å². The maximum Gasteiger partial charge on any atom is 0.164 e. The van der Waals surface area contributed by atoms with E-state index in [4.69, 9.17) is 15.0 Å². The predicted octanol–water partition coefficient (Wildman–Crippen LogP) is 12.6. The van der Waals surface area contributed by atoms with Gasteiger partial charge in [-0.05, 0) is 86.0 Å². The Labute approximate surface area is 315 Å². The Hall–Kier alpha value is -7.30. The number of rotatable bonds is 8. The quantitative estimate of drug-likeness (QED) is 0.159. The van der Waals surface area contributed by atoms with Crippen molar-refractivity contribution in [2.75, 3.05) is 0 Å². The van der Waals surface area contributed by atoms with Crippen LogP contribution in [-0.2, 0) is 0 Å². The fourth-order valence-electron chi connectivity index (χ4n) is 6.96. The van der Waals surface area contributed by atoms with Crippen LogP contribution in [0.2, 0.25) is 0 Å². The van der Waals surface area contributed by atoms with Crippen LogP contribution in [0.3, 0.4) is 0 Å². The number of hydrogen-bond donors (Lipinski definition) is 0. The number of pyridine rings is 1. The zero-order chi connectivity index (χ0) is 36.1. The highest BCUT2D eigenvalue weighted by molar-refractivity contribution is 5.98. The van der Waals surface area contributed by atoms with Crippen LogP contribution in [0.15, 0.2) is 207 Å². The lowest BCUT2D eigenvalue weighted by atomic mass is 9.84. The summed E-state index contributed by atoms with van der Waals surface area (Å²) in [5.41, 5.74) is 14.2. The second-order valence-electron chi connectivity index (χ2n) is 13.1. The summed E-state index contributed by atoms with van der Waals surface area (Å²) in [6.07, 6.45) is 3.62. The highest BCUT2D eigenvalue weighted by Gasteiger charge is 2.18. The van der Waals surface area contributed by atoms with E-state index in [-0.39, 0.29) is 0 Å². The van der Waals surface area contributed by atoms with Crippen LogP contribution < -0.4 is 0 Å². The summed E-state index contributed by atoms with van der Waals surface area (Å²) in [7, 11) is 0. The molecule has 0 aliphatic heterocycles. The molecule has 0 amide bonds. The lowest BCUT2D eigenvalue weighted by molar-refractivity contribution is 1.07. The molecule has 7 aromatic carbocycles. The van der Waals surface area contributed by atoms with Crippen LogP contribution in [-0.4, -0.2) is 19.9 Å². The Bertz CT molecular complexity index is 2600. The van der Waals surface area contributed by atoms with Crippen molar-refractivity contribution in [1.82, 2.24) is 19.9 Å². The van der Waals surface area contributed by atoms with Gasteiger partial charge in [0.15, 0.2) is 17.5 Å². The average molecular weight is 691 g/mol. The molecule has 9 aromatic rings. The topological polar surface area (TPSA) is 51.6 Å². The van der Waals surface area contributed by atoms with Gasteiger partial charge in [-0.1, -0.05) is 164 Å². The third kappa shape index (κ3) is 6.72. The van der Waals surface area contributed by atoms with E-state index < -0.39 is 0 Å². The highest BCUT2D eigenvalue weighted by atomic mass is 15.0. The Morgan fingerprint density at radius 1 is 0.241 bits per heavy atom. The lowest BCUT2D eigenvalue weighted by Gasteiger charge is -2.19. The van der Waals surface area contributed by atoms with Crippen molar-refractivity contribution in [2.24, 2.45) is 0 Å². The molecule has 54 heavy (non-hydrogen) atoms. The van der Waals surface area contributed by atoms with Gasteiger partial charge in [0, 0.05) is 29.1 Å². The number of hydrogen-bond acceptors (Lipinski definition) is 4. The van der Waals surface area contributed by atoms with Crippen LogP contribution in [0, 0.1) is 0 Å². The minimum Gasteiger partial charge on any atom is -0.265 e. The standard InChI is InChI=1S/C50H34N4/c1-5-14-35(15-6-1)44-33-45(37-16-7-2-8-17-37)47(46(34-44)38-18-9-3-10-19-38)39-24-26-41(27-25-39)49-52-48(40-20-11-4-12-21-40)53-50(54-49)43-23-13-22-42(32-43)36-28-30-51-31-29-36/h1-34H. The minimum absolute atomic E-state index is 0.616. The average Bonchev–Trinajstić information content (AvgIpc) is 3.27. The molecule has 0 N–H and O–H groups in total. The van der Waals surface area contributed by atoms with Gasteiger partial charge in [0.25, 0.3) is 0 Å². The van der Waals surface area contributed by atoms with Crippen LogP contribution in [0.4, 0.5) is 0 Å². The monoisotopic (exact) mass is 690 g/mol. The normalized spacial score (nSPS) is 11.0. The summed E-state index contributed by atoms with van der Waals surface area (Å²) in [6.45, 7) is 0. The van der Waals surface area contributed by atoms with Crippen molar-refractivity contribution >= 4 is 0 Å². The van der Waals surface area contributed by atoms with Gasteiger partial charge in [-0.25, -0.2) is 15.0 Å². The summed E-state index contributed by atoms with van der Waals surface area (Å²) in [4.78, 5) is 19.3. The van der Waals surface area contributed by atoms with E-state index in [0.717, 1.165) is 44.5 Å². The van der Waals surface area contributed by atoms with E-state index >= 15 is 0 Å². The third-order valence-corrected chi connectivity index (χ3v) is 9.65. The molecule has 0 unspecified atom stereocenters. The first-order valence-electron chi connectivity index (χ1n) is 18.0. The summed E-state index contributed by atoms with van der Waals surface area (Å²) >= 11 is 0. The number of nitrogens with zero attached hydrogens (tertiary/aromatic N) is 4. The maximum atomic E-state index is 5.08. The van der Waals surface area contributed by atoms with E-state index in [1.165, 1.54) is 27.8 Å². The second kappa shape index (κ2) is 14.7. The molecule has 4 nitrogen and oxygen atoms in total. The Balaban J connectivity index is 1.19.